The molecule has 0 spiro atoms. The van der Waals surface area contributed by atoms with Gasteiger partial charge in [0, 0.05) is 43.5 Å². The summed E-state index contributed by atoms with van der Waals surface area (Å²) >= 11 is 1.50. The topological polar surface area (TPSA) is 89.5 Å². The SMILES string of the molecule is CC(=O)Nc1ncc(CN2C[C@H](Oc3cc(OC(C)C)ncn3)C[C@@H]2C)s1. The zero-order chi connectivity index (χ0) is 19.4. The fourth-order valence-corrected chi connectivity index (χ4v) is 3.89. The highest BCUT2D eigenvalue weighted by atomic mass is 32.1. The van der Waals surface area contributed by atoms with Crippen molar-refractivity contribution < 1.29 is 14.3 Å². The molecule has 2 atom stereocenters. The summed E-state index contributed by atoms with van der Waals surface area (Å²) in [6.07, 6.45) is 4.31. The first-order valence-electron chi connectivity index (χ1n) is 9.00. The summed E-state index contributed by atoms with van der Waals surface area (Å²) in [7, 11) is 0. The van der Waals surface area contributed by atoms with Crippen molar-refractivity contribution in [3.63, 3.8) is 0 Å². The van der Waals surface area contributed by atoms with Crippen molar-refractivity contribution >= 4 is 22.4 Å². The number of rotatable bonds is 7. The third-order valence-electron chi connectivity index (χ3n) is 4.12. The predicted octanol–water partition coefficient (Wildman–Crippen LogP) is 2.72. The van der Waals surface area contributed by atoms with Gasteiger partial charge < -0.3 is 14.8 Å². The van der Waals surface area contributed by atoms with Gasteiger partial charge in [-0.15, -0.1) is 11.3 Å². The van der Waals surface area contributed by atoms with Crippen LogP contribution in [0.5, 0.6) is 11.8 Å². The molecule has 1 aliphatic heterocycles. The van der Waals surface area contributed by atoms with Crippen molar-refractivity contribution in [1.82, 2.24) is 19.9 Å². The Labute approximate surface area is 162 Å². The number of likely N-dealkylation sites (tertiary alicyclic amines) is 1. The van der Waals surface area contributed by atoms with Gasteiger partial charge in [-0.25, -0.2) is 15.0 Å². The van der Waals surface area contributed by atoms with Crippen LogP contribution in [0.3, 0.4) is 0 Å². The van der Waals surface area contributed by atoms with Crippen LogP contribution < -0.4 is 14.8 Å². The van der Waals surface area contributed by atoms with E-state index in [0.717, 1.165) is 24.4 Å². The summed E-state index contributed by atoms with van der Waals surface area (Å²) in [5, 5.41) is 3.36. The molecule has 0 aromatic carbocycles. The monoisotopic (exact) mass is 391 g/mol. The molecule has 146 valence electrons. The maximum Gasteiger partial charge on any atom is 0.223 e. The Hall–Kier alpha value is -2.26. The number of carbonyl (C=O) groups is 1. The molecule has 9 heteroatoms. The van der Waals surface area contributed by atoms with Crippen LogP contribution >= 0.6 is 11.3 Å². The van der Waals surface area contributed by atoms with Crippen LogP contribution in [-0.4, -0.2) is 50.6 Å². The van der Waals surface area contributed by atoms with Crippen LogP contribution in [0.25, 0.3) is 0 Å². The van der Waals surface area contributed by atoms with Crippen molar-refractivity contribution in [2.75, 3.05) is 11.9 Å². The molecule has 1 aliphatic rings. The number of ether oxygens (including phenoxy) is 2. The van der Waals surface area contributed by atoms with Gasteiger partial charge in [0.15, 0.2) is 5.13 Å². The molecular formula is C18H25N5O3S. The molecule has 2 aromatic rings. The number of hydrogen-bond donors (Lipinski definition) is 1. The minimum atomic E-state index is -0.107. The second kappa shape index (κ2) is 8.62. The van der Waals surface area contributed by atoms with E-state index in [1.165, 1.54) is 24.6 Å². The molecule has 1 amide bonds. The largest absolute Gasteiger partial charge is 0.475 e. The molecule has 0 bridgehead atoms. The number of carbonyl (C=O) groups excluding carboxylic acids is 1. The molecule has 2 aromatic heterocycles. The molecule has 0 saturated carbocycles. The van der Waals surface area contributed by atoms with Gasteiger partial charge in [0.2, 0.25) is 17.7 Å². The van der Waals surface area contributed by atoms with Crippen LogP contribution in [-0.2, 0) is 11.3 Å². The molecule has 1 saturated heterocycles. The number of nitrogens with zero attached hydrogens (tertiary/aromatic N) is 4. The fraction of sp³-hybridized carbons (Fsp3) is 0.556. The Morgan fingerprint density at radius 1 is 1.37 bits per heavy atom. The Bertz CT molecular complexity index is 782. The number of anilines is 1. The molecule has 0 aliphatic carbocycles. The summed E-state index contributed by atoms with van der Waals surface area (Å²) in [5.74, 6) is 0.947. The van der Waals surface area contributed by atoms with Crippen LogP contribution in [0, 0.1) is 0 Å². The summed E-state index contributed by atoms with van der Waals surface area (Å²) in [6.45, 7) is 9.16. The summed E-state index contributed by atoms with van der Waals surface area (Å²) in [4.78, 5) is 27.1. The van der Waals surface area contributed by atoms with Crippen LogP contribution in [0.1, 0.15) is 39.0 Å². The highest BCUT2D eigenvalue weighted by Gasteiger charge is 2.31. The van der Waals surface area contributed by atoms with E-state index in [9.17, 15) is 4.79 Å². The van der Waals surface area contributed by atoms with Crippen molar-refractivity contribution in [3.05, 3.63) is 23.5 Å². The van der Waals surface area contributed by atoms with Gasteiger partial charge >= 0.3 is 0 Å². The molecule has 1 fully saturated rings. The van der Waals surface area contributed by atoms with Gasteiger partial charge in [-0.1, -0.05) is 0 Å². The highest BCUT2D eigenvalue weighted by molar-refractivity contribution is 7.15. The molecule has 8 nitrogen and oxygen atoms in total. The lowest BCUT2D eigenvalue weighted by molar-refractivity contribution is -0.114. The molecule has 3 rings (SSSR count). The lowest BCUT2D eigenvalue weighted by Gasteiger charge is -2.19. The van der Waals surface area contributed by atoms with E-state index in [0.29, 0.717) is 22.9 Å². The molecule has 3 heterocycles. The lowest BCUT2D eigenvalue weighted by Crippen LogP contribution is -2.27. The summed E-state index contributed by atoms with van der Waals surface area (Å²) < 4.78 is 11.6. The average Bonchev–Trinajstić information content (AvgIpc) is 3.13. The van der Waals surface area contributed by atoms with Crippen LogP contribution in [0.4, 0.5) is 5.13 Å². The maximum atomic E-state index is 11.1. The number of hydrogen-bond acceptors (Lipinski definition) is 8. The van der Waals surface area contributed by atoms with Gasteiger partial charge in [-0.2, -0.15) is 0 Å². The van der Waals surface area contributed by atoms with Crippen molar-refractivity contribution in [1.29, 1.82) is 0 Å². The number of aromatic nitrogens is 3. The van der Waals surface area contributed by atoms with Gasteiger partial charge in [-0.05, 0) is 20.8 Å². The van der Waals surface area contributed by atoms with E-state index in [2.05, 4.69) is 32.1 Å². The Balaban J connectivity index is 1.56. The Morgan fingerprint density at radius 2 is 2.15 bits per heavy atom. The molecule has 0 unspecified atom stereocenters. The Morgan fingerprint density at radius 3 is 2.89 bits per heavy atom. The van der Waals surface area contributed by atoms with Gasteiger partial charge in [0.25, 0.3) is 0 Å². The van der Waals surface area contributed by atoms with Crippen molar-refractivity contribution in [2.24, 2.45) is 0 Å². The zero-order valence-corrected chi connectivity index (χ0v) is 16.8. The molecule has 0 radical (unpaired) electrons. The average molecular weight is 391 g/mol. The van der Waals surface area contributed by atoms with Gasteiger partial charge in [-0.3, -0.25) is 9.69 Å². The number of thiazole rings is 1. The summed E-state index contributed by atoms with van der Waals surface area (Å²) in [6, 6.07) is 2.12. The first-order chi connectivity index (χ1) is 12.9. The standard InChI is InChI=1S/C18H25N5O3S/c1-11(2)25-16-6-17(21-10-20-16)26-14-5-12(3)23(8-14)9-15-7-19-18(27-15)22-13(4)24/h6-7,10-12,14H,5,8-9H2,1-4H3,(H,19,22,24)/t12-,14+/m0/s1. The molecular weight excluding hydrogens is 366 g/mol. The number of nitrogens with one attached hydrogen (secondary N) is 1. The van der Waals surface area contributed by atoms with Crippen molar-refractivity contribution in [2.45, 2.75) is 58.9 Å². The normalized spacial score (nSPS) is 20.0. The summed E-state index contributed by atoms with van der Waals surface area (Å²) in [5.41, 5.74) is 0. The van der Waals surface area contributed by atoms with E-state index < -0.39 is 0 Å². The number of amides is 1. The van der Waals surface area contributed by atoms with E-state index in [1.807, 2.05) is 20.0 Å². The maximum absolute atomic E-state index is 11.1. The molecule has 1 N–H and O–H groups in total. The minimum absolute atomic E-state index is 0.0523. The quantitative estimate of drug-likeness (QED) is 0.776. The predicted molar refractivity (Wildman–Crippen MR) is 103 cm³/mol. The van der Waals surface area contributed by atoms with Gasteiger partial charge in [0.05, 0.1) is 12.2 Å². The van der Waals surface area contributed by atoms with E-state index >= 15 is 0 Å². The smallest absolute Gasteiger partial charge is 0.223 e. The minimum Gasteiger partial charge on any atom is -0.475 e. The van der Waals surface area contributed by atoms with E-state index in [4.69, 9.17) is 9.47 Å². The molecule has 27 heavy (non-hydrogen) atoms. The van der Waals surface area contributed by atoms with E-state index in [-0.39, 0.29) is 18.1 Å². The second-order valence-electron chi connectivity index (χ2n) is 6.93. The zero-order valence-electron chi connectivity index (χ0n) is 16.0. The first-order valence-corrected chi connectivity index (χ1v) is 9.82. The third kappa shape index (κ3) is 5.61. The second-order valence-corrected chi connectivity index (χ2v) is 8.04. The van der Waals surface area contributed by atoms with Crippen LogP contribution in [0.2, 0.25) is 0 Å². The fourth-order valence-electron chi connectivity index (χ4n) is 3.00. The lowest BCUT2D eigenvalue weighted by atomic mass is 10.2. The first kappa shape index (κ1) is 19.5. The van der Waals surface area contributed by atoms with E-state index in [1.54, 1.807) is 6.07 Å². The van der Waals surface area contributed by atoms with Crippen LogP contribution in [0.15, 0.2) is 18.6 Å². The Kier molecular flexibility index (Phi) is 6.22. The van der Waals surface area contributed by atoms with Crippen molar-refractivity contribution in [3.8, 4) is 11.8 Å². The van der Waals surface area contributed by atoms with Gasteiger partial charge in [0.1, 0.15) is 12.4 Å². The highest BCUT2D eigenvalue weighted by Crippen LogP contribution is 2.27. The third-order valence-corrected chi connectivity index (χ3v) is 5.02.